The highest BCUT2D eigenvalue weighted by Crippen LogP contribution is 2.35. The van der Waals surface area contributed by atoms with Crippen LogP contribution in [-0.4, -0.2) is 35.2 Å². The van der Waals surface area contributed by atoms with Crippen LogP contribution in [0.4, 0.5) is 0 Å². The molecule has 1 unspecified atom stereocenters. The van der Waals surface area contributed by atoms with Crippen molar-refractivity contribution >= 4 is 0 Å². The predicted molar refractivity (Wildman–Crippen MR) is 67.7 cm³/mol. The number of hydrogen-bond acceptors (Lipinski definition) is 4. The zero-order chi connectivity index (χ0) is 13.1. The molecule has 1 aromatic rings. The molecule has 1 aliphatic rings. The number of hydrogen-bond donors (Lipinski definition) is 1. The molecular weight excluding hydrogens is 232 g/mol. The summed E-state index contributed by atoms with van der Waals surface area (Å²) in [6, 6.07) is 0.207. The van der Waals surface area contributed by atoms with Gasteiger partial charge in [0.1, 0.15) is 11.8 Å². The molecule has 5 nitrogen and oxygen atoms in total. The first-order chi connectivity index (χ1) is 8.65. The van der Waals surface area contributed by atoms with Crippen molar-refractivity contribution < 1.29 is 14.6 Å². The van der Waals surface area contributed by atoms with Crippen LogP contribution < -0.4 is 4.74 Å². The highest BCUT2D eigenvalue weighted by Gasteiger charge is 2.29. The minimum absolute atomic E-state index is 0.207. The Morgan fingerprint density at radius 2 is 2.11 bits per heavy atom. The van der Waals surface area contributed by atoms with E-state index in [-0.39, 0.29) is 12.0 Å². The average Bonchev–Trinajstić information content (AvgIpc) is 2.82. The highest BCUT2D eigenvalue weighted by molar-refractivity contribution is 5.28. The summed E-state index contributed by atoms with van der Waals surface area (Å²) >= 11 is 0. The fourth-order valence-electron chi connectivity index (χ4n) is 2.46. The molecule has 0 amide bonds. The Labute approximate surface area is 108 Å². The average molecular weight is 254 g/mol. The second-order valence-corrected chi connectivity index (χ2v) is 5.03. The van der Waals surface area contributed by atoms with Gasteiger partial charge in [-0.1, -0.05) is 0 Å². The van der Waals surface area contributed by atoms with Crippen molar-refractivity contribution in [1.29, 1.82) is 0 Å². The summed E-state index contributed by atoms with van der Waals surface area (Å²) in [6.07, 6.45) is 2.91. The van der Waals surface area contributed by atoms with E-state index in [1.54, 1.807) is 13.3 Å². The van der Waals surface area contributed by atoms with Crippen molar-refractivity contribution in [2.45, 2.75) is 38.8 Å². The Morgan fingerprint density at radius 1 is 1.44 bits per heavy atom. The molecule has 0 bridgehead atoms. The zero-order valence-corrected chi connectivity index (χ0v) is 11.3. The van der Waals surface area contributed by atoms with Crippen LogP contribution in [0.2, 0.25) is 0 Å². The molecule has 2 heterocycles. The summed E-state index contributed by atoms with van der Waals surface area (Å²) in [5.41, 5.74) is 0.791. The third-order valence-corrected chi connectivity index (χ3v) is 3.50. The SMILES string of the molecule is COc1cnn(C(C)C)c1C(O)C1CCOCC1. The molecule has 18 heavy (non-hydrogen) atoms. The maximum absolute atomic E-state index is 10.6. The lowest BCUT2D eigenvalue weighted by atomic mass is 9.91. The molecule has 1 aliphatic heterocycles. The topological polar surface area (TPSA) is 56.5 Å². The Morgan fingerprint density at radius 3 is 2.67 bits per heavy atom. The van der Waals surface area contributed by atoms with E-state index in [1.165, 1.54) is 0 Å². The second kappa shape index (κ2) is 5.71. The van der Waals surface area contributed by atoms with E-state index < -0.39 is 6.10 Å². The van der Waals surface area contributed by atoms with Gasteiger partial charge in [-0.15, -0.1) is 0 Å². The first-order valence-corrected chi connectivity index (χ1v) is 6.52. The van der Waals surface area contributed by atoms with Crippen molar-refractivity contribution in [2.24, 2.45) is 5.92 Å². The van der Waals surface area contributed by atoms with Gasteiger partial charge in [0.25, 0.3) is 0 Å². The summed E-state index contributed by atoms with van der Waals surface area (Å²) in [7, 11) is 1.61. The molecule has 102 valence electrons. The standard InChI is InChI=1S/C13H22N2O3/c1-9(2)15-12(11(17-3)8-14-15)13(16)10-4-6-18-7-5-10/h8-10,13,16H,4-7H2,1-3H3. The molecule has 0 radical (unpaired) electrons. The minimum Gasteiger partial charge on any atom is -0.493 e. The lowest BCUT2D eigenvalue weighted by Crippen LogP contribution is -2.24. The van der Waals surface area contributed by atoms with E-state index >= 15 is 0 Å². The van der Waals surface area contributed by atoms with Gasteiger partial charge in [-0.25, -0.2) is 0 Å². The summed E-state index contributed by atoms with van der Waals surface area (Å²) in [5.74, 6) is 0.893. The molecule has 0 spiro atoms. The van der Waals surface area contributed by atoms with E-state index in [0.29, 0.717) is 5.75 Å². The van der Waals surface area contributed by atoms with E-state index in [1.807, 2.05) is 18.5 Å². The van der Waals surface area contributed by atoms with Crippen LogP contribution in [0.1, 0.15) is 44.5 Å². The van der Waals surface area contributed by atoms with Crippen LogP contribution in [0.5, 0.6) is 5.75 Å². The van der Waals surface area contributed by atoms with Gasteiger partial charge in [0, 0.05) is 19.3 Å². The fourth-order valence-corrected chi connectivity index (χ4v) is 2.46. The molecule has 0 aromatic carbocycles. The molecule has 2 rings (SSSR count). The van der Waals surface area contributed by atoms with E-state index in [0.717, 1.165) is 31.7 Å². The third kappa shape index (κ3) is 2.52. The number of aliphatic hydroxyl groups excluding tert-OH is 1. The van der Waals surface area contributed by atoms with Crippen LogP contribution in [-0.2, 0) is 4.74 Å². The van der Waals surface area contributed by atoms with Crippen molar-refractivity contribution in [2.75, 3.05) is 20.3 Å². The molecule has 1 atom stereocenters. The van der Waals surface area contributed by atoms with E-state index in [9.17, 15) is 5.11 Å². The third-order valence-electron chi connectivity index (χ3n) is 3.50. The second-order valence-electron chi connectivity index (χ2n) is 5.03. The maximum atomic E-state index is 10.6. The van der Waals surface area contributed by atoms with Crippen molar-refractivity contribution in [3.8, 4) is 5.75 Å². The van der Waals surface area contributed by atoms with Gasteiger partial charge in [-0.3, -0.25) is 4.68 Å². The number of ether oxygens (including phenoxy) is 2. The quantitative estimate of drug-likeness (QED) is 0.892. The Balaban J connectivity index is 2.26. The number of aliphatic hydroxyl groups is 1. The molecular formula is C13H22N2O3. The number of rotatable bonds is 4. The van der Waals surface area contributed by atoms with Crippen LogP contribution in [0.25, 0.3) is 0 Å². The van der Waals surface area contributed by atoms with Crippen LogP contribution in [0, 0.1) is 5.92 Å². The molecule has 1 N–H and O–H groups in total. The van der Waals surface area contributed by atoms with Gasteiger partial charge in [0.2, 0.25) is 0 Å². The predicted octanol–water partition coefficient (Wildman–Crippen LogP) is 1.93. The van der Waals surface area contributed by atoms with Crippen molar-refractivity contribution in [1.82, 2.24) is 9.78 Å². The Hall–Kier alpha value is -1.07. The molecule has 5 heteroatoms. The first kappa shape index (κ1) is 13.4. The Bertz CT molecular complexity index is 384. The summed E-state index contributed by atoms with van der Waals surface area (Å²) in [4.78, 5) is 0. The molecule has 1 saturated heterocycles. The van der Waals surface area contributed by atoms with Crippen LogP contribution in [0.3, 0.4) is 0 Å². The molecule has 1 fully saturated rings. The number of aromatic nitrogens is 2. The normalized spacial score (nSPS) is 19.2. The summed E-state index contributed by atoms with van der Waals surface area (Å²) in [6.45, 7) is 5.54. The molecule has 1 aromatic heterocycles. The molecule has 0 saturated carbocycles. The van der Waals surface area contributed by atoms with Crippen LogP contribution in [0.15, 0.2) is 6.20 Å². The highest BCUT2D eigenvalue weighted by atomic mass is 16.5. The monoisotopic (exact) mass is 254 g/mol. The largest absolute Gasteiger partial charge is 0.493 e. The number of methoxy groups -OCH3 is 1. The van der Waals surface area contributed by atoms with Gasteiger partial charge in [-0.2, -0.15) is 5.10 Å². The van der Waals surface area contributed by atoms with Gasteiger partial charge in [-0.05, 0) is 32.6 Å². The number of nitrogens with zero attached hydrogens (tertiary/aromatic N) is 2. The van der Waals surface area contributed by atoms with Crippen molar-refractivity contribution in [3.05, 3.63) is 11.9 Å². The van der Waals surface area contributed by atoms with E-state index in [4.69, 9.17) is 9.47 Å². The summed E-state index contributed by atoms with van der Waals surface area (Å²) < 4.78 is 12.5. The minimum atomic E-state index is -0.534. The van der Waals surface area contributed by atoms with Gasteiger partial charge < -0.3 is 14.6 Å². The maximum Gasteiger partial charge on any atom is 0.162 e. The fraction of sp³-hybridized carbons (Fsp3) is 0.769. The van der Waals surface area contributed by atoms with E-state index in [2.05, 4.69) is 5.10 Å². The zero-order valence-electron chi connectivity index (χ0n) is 11.3. The smallest absolute Gasteiger partial charge is 0.162 e. The summed E-state index contributed by atoms with van der Waals surface area (Å²) in [5, 5.41) is 14.9. The van der Waals surface area contributed by atoms with Crippen LogP contribution >= 0.6 is 0 Å². The van der Waals surface area contributed by atoms with Gasteiger partial charge in [0.15, 0.2) is 5.75 Å². The van der Waals surface area contributed by atoms with Gasteiger partial charge in [0.05, 0.1) is 13.3 Å². The lowest BCUT2D eigenvalue weighted by Gasteiger charge is -2.28. The lowest BCUT2D eigenvalue weighted by molar-refractivity contribution is 0.00255. The van der Waals surface area contributed by atoms with Gasteiger partial charge >= 0.3 is 0 Å². The molecule has 0 aliphatic carbocycles. The first-order valence-electron chi connectivity index (χ1n) is 6.52. The van der Waals surface area contributed by atoms with Crippen molar-refractivity contribution in [3.63, 3.8) is 0 Å². The Kier molecular flexibility index (Phi) is 4.24.